The molecular weight excluding hydrogens is 420 g/mol. The summed E-state index contributed by atoms with van der Waals surface area (Å²) in [5.74, 6) is -2.21. The van der Waals surface area contributed by atoms with Crippen molar-refractivity contribution in [3.8, 4) is 6.01 Å². The van der Waals surface area contributed by atoms with Crippen LogP contribution < -0.4 is 9.64 Å². The summed E-state index contributed by atoms with van der Waals surface area (Å²) in [7, 11) is 0. The zero-order chi connectivity index (χ0) is 21.3. The fourth-order valence-corrected chi connectivity index (χ4v) is 3.54. The minimum Gasteiger partial charge on any atom is -0.458 e. The molecule has 3 amide bonds. The molecule has 30 heavy (non-hydrogen) atoms. The van der Waals surface area contributed by atoms with Crippen molar-refractivity contribution in [3.05, 3.63) is 47.2 Å². The summed E-state index contributed by atoms with van der Waals surface area (Å²) >= 11 is 5.75. The van der Waals surface area contributed by atoms with E-state index in [1.807, 2.05) is 0 Å². The Morgan fingerprint density at radius 3 is 2.67 bits per heavy atom. The Balaban J connectivity index is 1.31. The Morgan fingerprint density at radius 1 is 1.17 bits per heavy atom. The van der Waals surface area contributed by atoms with Crippen LogP contribution in [-0.2, 0) is 4.79 Å². The van der Waals surface area contributed by atoms with Crippen molar-refractivity contribution in [2.45, 2.75) is 12.5 Å². The van der Waals surface area contributed by atoms with Gasteiger partial charge in [0.25, 0.3) is 0 Å². The van der Waals surface area contributed by atoms with E-state index in [0.29, 0.717) is 31.1 Å². The molecule has 2 aliphatic rings. The highest BCUT2D eigenvalue weighted by Crippen LogP contribution is 2.23. The van der Waals surface area contributed by atoms with Crippen LogP contribution in [0.25, 0.3) is 0 Å². The van der Waals surface area contributed by atoms with Gasteiger partial charge in [0.1, 0.15) is 12.6 Å². The smallest absolute Gasteiger partial charge is 0.325 e. The first-order valence-electron chi connectivity index (χ1n) is 9.34. The molecule has 0 aliphatic carbocycles. The van der Waals surface area contributed by atoms with Crippen LogP contribution in [0.2, 0.25) is 5.02 Å². The maximum absolute atomic E-state index is 13.5. The number of rotatable bonds is 5. The van der Waals surface area contributed by atoms with Gasteiger partial charge in [0.15, 0.2) is 11.6 Å². The first-order valence-corrected chi connectivity index (χ1v) is 9.72. The van der Waals surface area contributed by atoms with E-state index in [1.54, 1.807) is 4.90 Å². The Hall–Kier alpha value is -3.01. The number of urea groups is 1. The molecule has 1 atom stereocenters. The number of likely N-dealkylation sites (tertiary alicyclic amines) is 1. The lowest BCUT2D eigenvalue weighted by Gasteiger charge is -2.22. The Kier molecular flexibility index (Phi) is 5.67. The van der Waals surface area contributed by atoms with Gasteiger partial charge in [0.05, 0.1) is 24.0 Å². The molecular formula is C19H18ClF2N5O3. The number of halogens is 3. The average molecular weight is 438 g/mol. The van der Waals surface area contributed by atoms with Crippen LogP contribution in [0, 0.1) is 11.6 Å². The summed E-state index contributed by atoms with van der Waals surface area (Å²) in [6.07, 6.45) is 3.23. The number of carbonyl (C=O) groups excluding carboxylic acids is 2. The van der Waals surface area contributed by atoms with Gasteiger partial charge in [-0.3, -0.25) is 9.69 Å². The molecule has 0 saturated carbocycles. The van der Waals surface area contributed by atoms with Crippen LogP contribution in [0.3, 0.4) is 0 Å². The van der Waals surface area contributed by atoms with E-state index >= 15 is 0 Å². The van der Waals surface area contributed by atoms with E-state index in [0.717, 1.165) is 12.1 Å². The normalized spacial score (nSPS) is 19.0. The number of nitrogens with zero attached hydrogens (tertiary/aromatic N) is 5. The Bertz CT molecular complexity index is 962. The standard InChI is InChI=1S/C19H18ClF2N5O3/c20-12-8-23-18(24-9-12)30-14-3-4-25(10-14)17(28)11-26-5-6-27(19(26)29)13-1-2-15(21)16(22)7-13/h1-2,7-9,14H,3-6,10-11H2. The van der Waals surface area contributed by atoms with Crippen LogP contribution in [0.5, 0.6) is 6.01 Å². The molecule has 2 aromatic rings. The van der Waals surface area contributed by atoms with Crippen molar-refractivity contribution in [1.82, 2.24) is 19.8 Å². The second-order valence-electron chi connectivity index (χ2n) is 7.01. The van der Waals surface area contributed by atoms with E-state index < -0.39 is 17.7 Å². The monoisotopic (exact) mass is 437 g/mol. The maximum atomic E-state index is 13.5. The molecule has 1 unspecified atom stereocenters. The predicted molar refractivity (Wildman–Crippen MR) is 103 cm³/mol. The fraction of sp³-hybridized carbons (Fsp3) is 0.368. The van der Waals surface area contributed by atoms with Crippen molar-refractivity contribution >= 4 is 29.2 Å². The number of hydrogen-bond donors (Lipinski definition) is 0. The molecule has 2 fully saturated rings. The second kappa shape index (κ2) is 8.39. The van der Waals surface area contributed by atoms with Crippen molar-refractivity contribution in [1.29, 1.82) is 0 Å². The number of aromatic nitrogens is 2. The summed E-state index contributed by atoms with van der Waals surface area (Å²) in [6.45, 7) is 1.36. The third-order valence-electron chi connectivity index (χ3n) is 5.00. The lowest BCUT2D eigenvalue weighted by atomic mass is 10.3. The molecule has 11 heteroatoms. The molecule has 1 aromatic heterocycles. The first kappa shape index (κ1) is 20.3. The summed E-state index contributed by atoms with van der Waals surface area (Å²) in [5, 5.41) is 0.401. The number of ether oxygens (including phenoxy) is 1. The van der Waals surface area contributed by atoms with E-state index in [2.05, 4.69) is 9.97 Å². The predicted octanol–water partition coefficient (Wildman–Crippen LogP) is 2.33. The largest absolute Gasteiger partial charge is 0.458 e. The Morgan fingerprint density at radius 2 is 1.93 bits per heavy atom. The van der Waals surface area contributed by atoms with Gasteiger partial charge in [-0.2, -0.15) is 0 Å². The van der Waals surface area contributed by atoms with Gasteiger partial charge < -0.3 is 14.5 Å². The van der Waals surface area contributed by atoms with E-state index in [9.17, 15) is 18.4 Å². The van der Waals surface area contributed by atoms with Crippen molar-refractivity contribution in [3.63, 3.8) is 0 Å². The molecule has 3 heterocycles. The lowest BCUT2D eigenvalue weighted by Crippen LogP contribution is -2.42. The fourth-order valence-electron chi connectivity index (χ4n) is 3.45. The number of benzene rings is 1. The van der Waals surface area contributed by atoms with Crippen LogP contribution in [0.15, 0.2) is 30.6 Å². The zero-order valence-electron chi connectivity index (χ0n) is 15.8. The molecule has 4 rings (SSSR count). The molecule has 158 valence electrons. The molecule has 8 nitrogen and oxygen atoms in total. The summed E-state index contributed by atoms with van der Waals surface area (Å²) < 4.78 is 32.3. The zero-order valence-corrected chi connectivity index (χ0v) is 16.6. The molecule has 2 saturated heterocycles. The van der Waals surface area contributed by atoms with Crippen LogP contribution in [0.1, 0.15) is 6.42 Å². The van der Waals surface area contributed by atoms with E-state index in [-0.39, 0.29) is 36.8 Å². The highest BCUT2D eigenvalue weighted by molar-refractivity contribution is 6.30. The average Bonchev–Trinajstić information content (AvgIpc) is 3.33. The van der Waals surface area contributed by atoms with Gasteiger partial charge in [-0.25, -0.2) is 23.5 Å². The highest BCUT2D eigenvalue weighted by atomic mass is 35.5. The number of hydrogen-bond acceptors (Lipinski definition) is 5. The van der Waals surface area contributed by atoms with Gasteiger partial charge in [0, 0.05) is 37.8 Å². The number of amides is 3. The minimum atomic E-state index is -1.03. The third-order valence-corrected chi connectivity index (χ3v) is 5.20. The quantitative estimate of drug-likeness (QED) is 0.717. The summed E-state index contributed by atoms with van der Waals surface area (Å²) in [6, 6.07) is 3.05. The Labute approximate surface area is 176 Å². The lowest BCUT2D eigenvalue weighted by molar-refractivity contribution is -0.130. The second-order valence-corrected chi connectivity index (χ2v) is 7.44. The van der Waals surface area contributed by atoms with Crippen LogP contribution >= 0.6 is 11.6 Å². The van der Waals surface area contributed by atoms with Crippen molar-refractivity contribution in [2.75, 3.05) is 37.6 Å². The molecule has 1 aromatic carbocycles. The minimum absolute atomic E-state index is 0.0941. The van der Waals surface area contributed by atoms with E-state index in [1.165, 1.54) is 28.3 Å². The highest BCUT2D eigenvalue weighted by Gasteiger charge is 2.34. The first-order chi connectivity index (χ1) is 14.4. The summed E-state index contributed by atoms with van der Waals surface area (Å²) in [4.78, 5) is 37.5. The topological polar surface area (TPSA) is 78.9 Å². The van der Waals surface area contributed by atoms with Crippen LogP contribution in [0.4, 0.5) is 19.3 Å². The third kappa shape index (κ3) is 4.28. The number of carbonyl (C=O) groups is 2. The van der Waals surface area contributed by atoms with Gasteiger partial charge >= 0.3 is 12.0 Å². The van der Waals surface area contributed by atoms with Crippen LogP contribution in [-0.4, -0.2) is 70.5 Å². The molecule has 0 radical (unpaired) electrons. The van der Waals surface area contributed by atoms with Gasteiger partial charge in [-0.15, -0.1) is 0 Å². The van der Waals surface area contributed by atoms with Gasteiger partial charge in [-0.1, -0.05) is 11.6 Å². The van der Waals surface area contributed by atoms with E-state index in [4.69, 9.17) is 16.3 Å². The maximum Gasteiger partial charge on any atom is 0.325 e. The SMILES string of the molecule is O=C(CN1CCN(c2ccc(F)c(F)c2)C1=O)N1CCC(Oc2ncc(Cl)cn2)C1. The molecule has 0 spiro atoms. The summed E-state index contributed by atoms with van der Waals surface area (Å²) in [5.41, 5.74) is 0.256. The molecule has 0 N–H and O–H groups in total. The van der Waals surface area contributed by atoms with Crippen molar-refractivity contribution < 1.29 is 23.1 Å². The van der Waals surface area contributed by atoms with Gasteiger partial charge in [0.2, 0.25) is 5.91 Å². The molecule has 0 bridgehead atoms. The van der Waals surface area contributed by atoms with Crippen molar-refractivity contribution in [2.24, 2.45) is 0 Å². The molecule has 2 aliphatic heterocycles. The van der Waals surface area contributed by atoms with Gasteiger partial charge in [-0.05, 0) is 12.1 Å². The number of anilines is 1.